The first kappa shape index (κ1) is 23.1. The van der Waals surface area contributed by atoms with Crippen molar-refractivity contribution in [2.75, 3.05) is 27.1 Å². The number of aryl methyl sites for hydroxylation is 1. The van der Waals surface area contributed by atoms with Gasteiger partial charge in [-0.25, -0.2) is 18.0 Å². The van der Waals surface area contributed by atoms with E-state index in [4.69, 9.17) is 14.2 Å². The van der Waals surface area contributed by atoms with Crippen LogP contribution in [0.3, 0.4) is 0 Å². The van der Waals surface area contributed by atoms with Crippen molar-refractivity contribution in [3.8, 4) is 11.5 Å². The van der Waals surface area contributed by atoms with E-state index in [1.807, 2.05) is 19.1 Å². The number of carbonyl (C=O) groups excluding carboxylic acids is 2. The molecule has 0 spiro atoms. The molecule has 0 saturated carbocycles. The standard InChI is InChI=1S/C22H24N2O7S/c1-13-5-7-14(8-6-13)20-19(21(25)31-4)16(23-22(26)24-20)12-32(27,28)15-9-10-17(29-2)18(11-15)30-3/h5-11,20H,12H2,1-4H3,(H2,23,24,26)/t20-/m1/s1. The number of urea groups is 1. The van der Waals surface area contributed by atoms with Gasteiger partial charge in [0.05, 0.1) is 43.6 Å². The summed E-state index contributed by atoms with van der Waals surface area (Å²) in [6, 6.07) is 9.86. The van der Waals surface area contributed by atoms with Crippen LogP contribution in [0.2, 0.25) is 0 Å². The maximum Gasteiger partial charge on any atom is 0.338 e. The zero-order chi connectivity index (χ0) is 23.5. The third kappa shape index (κ3) is 4.70. The summed E-state index contributed by atoms with van der Waals surface area (Å²) in [6.45, 7) is 1.91. The van der Waals surface area contributed by atoms with Crippen LogP contribution in [0.1, 0.15) is 17.2 Å². The second kappa shape index (κ2) is 9.31. The Hall–Kier alpha value is -3.53. The highest BCUT2D eigenvalue weighted by atomic mass is 32.2. The minimum Gasteiger partial charge on any atom is -0.493 e. The van der Waals surface area contributed by atoms with Crippen LogP contribution < -0.4 is 20.1 Å². The fourth-order valence-corrected chi connectivity index (χ4v) is 4.71. The average molecular weight is 461 g/mol. The maximum atomic E-state index is 13.2. The van der Waals surface area contributed by atoms with Crippen molar-refractivity contribution in [3.63, 3.8) is 0 Å². The highest BCUT2D eigenvalue weighted by Crippen LogP contribution is 2.32. The van der Waals surface area contributed by atoms with E-state index < -0.39 is 33.6 Å². The molecule has 2 amide bonds. The van der Waals surface area contributed by atoms with Crippen molar-refractivity contribution >= 4 is 21.8 Å². The number of carbonyl (C=O) groups is 2. The van der Waals surface area contributed by atoms with Gasteiger partial charge in [-0.05, 0) is 24.6 Å². The number of methoxy groups -OCH3 is 3. The number of hydrogen-bond acceptors (Lipinski definition) is 7. The average Bonchev–Trinajstić information content (AvgIpc) is 2.77. The summed E-state index contributed by atoms with van der Waals surface area (Å²) in [6.07, 6.45) is 0. The Balaban J connectivity index is 2.08. The molecule has 9 nitrogen and oxygen atoms in total. The molecule has 0 radical (unpaired) electrons. The molecule has 1 heterocycles. The van der Waals surface area contributed by atoms with Crippen molar-refractivity contribution < 1.29 is 32.2 Å². The Kier molecular flexibility index (Phi) is 6.73. The number of hydrogen-bond donors (Lipinski definition) is 2. The predicted octanol–water partition coefficient (Wildman–Crippen LogP) is 2.27. The normalized spacial score (nSPS) is 16.1. The van der Waals surface area contributed by atoms with E-state index in [1.54, 1.807) is 12.1 Å². The molecule has 2 aromatic rings. The van der Waals surface area contributed by atoms with Crippen molar-refractivity contribution in [2.45, 2.75) is 17.9 Å². The van der Waals surface area contributed by atoms with Gasteiger partial charge in [0.1, 0.15) is 0 Å². The Morgan fingerprint density at radius 2 is 1.66 bits per heavy atom. The maximum absolute atomic E-state index is 13.2. The van der Waals surface area contributed by atoms with Gasteiger partial charge < -0.3 is 24.8 Å². The lowest BCUT2D eigenvalue weighted by Crippen LogP contribution is -2.47. The zero-order valence-corrected chi connectivity index (χ0v) is 18.9. The lowest BCUT2D eigenvalue weighted by Gasteiger charge is -2.29. The van der Waals surface area contributed by atoms with E-state index in [2.05, 4.69) is 10.6 Å². The molecule has 0 bridgehead atoms. The smallest absolute Gasteiger partial charge is 0.338 e. The second-order valence-electron chi connectivity index (χ2n) is 7.10. The van der Waals surface area contributed by atoms with E-state index >= 15 is 0 Å². The summed E-state index contributed by atoms with van der Waals surface area (Å²) in [5.74, 6) is -0.762. The van der Waals surface area contributed by atoms with Crippen molar-refractivity contribution in [1.82, 2.24) is 10.6 Å². The summed E-state index contributed by atoms with van der Waals surface area (Å²) in [5, 5.41) is 5.13. The highest BCUT2D eigenvalue weighted by molar-refractivity contribution is 7.91. The zero-order valence-electron chi connectivity index (χ0n) is 18.1. The van der Waals surface area contributed by atoms with Crippen LogP contribution in [0.15, 0.2) is 58.6 Å². The van der Waals surface area contributed by atoms with E-state index in [-0.39, 0.29) is 21.9 Å². The number of rotatable bonds is 7. The largest absolute Gasteiger partial charge is 0.493 e. The molecule has 2 aromatic carbocycles. The van der Waals surface area contributed by atoms with Crippen molar-refractivity contribution in [1.29, 1.82) is 0 Å². The molecule has 3 rings (SSSR count). The minimum absolute atomic E-state index is 0.0139. The monoisotopic (exact) mass is 460 g/mol. The lowest BCUT2D eigenvalue weighted by molar-refractivity contribution is -0.136. The molecule has 1 aliphatic heterocycles. The fraction of sp³-hybridized carbons (Fsp3) is 0.273. The number of nitrogens with one attached hydrogen (secondary N) is 2. The van der Waals surface area contributed by atoms with Gasteiger partial charge in [-0.3, -0.25) is 0 Å². The first-order chi connectivity index (χ1) is 15.2. The van der Waals surface area contributed by atoms with Gasteiger partial charge in [-0.1, -0.05) is 29.8 Å². The van der Waals surface area contributed by atoms with Gasteiger partial charge in [0.15, 0.2) is 21.3 Å². The number of benzene rings is 2. The first-order valence-corrected chi connectivity index (χ1v) is 11.3. The summed E-state index contributed by atoms with van der Waals surface area (Å²) < 4.78 is 41.6. The number of sulfone groups is 1. The van der Waals surface area contributed by atoms with Crippen LogP contribution in [0.5, 0.6) is 11.5 Å². The Labute approximate surface area is 186 Å². The van der Waals surface area contributed by atoms with E-state index in [0.29, 0.717) is 11.3 Å². The SMILES string of the molecule is COC(=O)C1=C(CS(=O)(=O)c2ccc(OC)c(OC)c2)NC(=O)N[C@@H]1c1ccc(C)cc1. The fourth-order valence-electron chi connectivity index (χ4n) is 3.38. The predicted molar refractivity (Wildman–Crippen MR) is 116 cm³/mol. The van der Waals surface area contributed by atoms with Gasteiger partial charge in [-0.2, -0.15) is 0 Å². The minimum atomic E-state index is -3.97. The molecule has 0 unspecified atom stereocenters. The van der Waals surface area contributed by atoms with E-state index in [1.165, 1.54) is 39.5 Å². The Morgan fingerprint density at radius 3 is 2.25 bits per heavy atom. The molecule has 170 valence electrons. The third-order valence-electron chi connectivity index (χ3n) is 5.02. The topological polar surface area (TPSA) is 120 Å². The number of esters is 1. The van der Waals surface area contributed by atoms with Crippen LogP contribution in [0.4, 0.5) is 4.79 Å². The number of ether oxygens (including phenoxy) is 3. The Bertz CT molecular complexity index is 1170. The van der Waals surface area contributed by atoms with E-state index in [0.717, 1.165) is 5.56 Å². The van der Waals surface area contributed by atoms with Gasteiger partial charge in [0.2, 0.25) is 0 Å². The van der Waals surface area contributed by atoms with Crippen molar-refractivity contribution in [2.24, 2.45) is 0 Å². The van der Waals surface area contributed by atoms with Gasteiger partial charge >= 0.3 is 12.0 Å². The van der Waals surface area contributed by atoms with Gasteiger partial charge in [-0.15, -0.1) is 0 Å². The molecule has 2 N–H and O–H groups in total. The summed E-state index contributed by atoms with van der Waals surface area (Å²) in [4.78, 5) is 24.9. The van der Waals surface area contributed by atoms with Crippen molar-refractivity contribution in [3.05, 3.63) is 64.9 Å². The molecular weight excluding hydrogens is 436 g/mol. The summed E-state index contributed by atoms with van der Waals surface area (Å²) >= 11 is 0. The van der Waals surface area contributed by atoms with Crippen LogP contribution in [0.25, 0.3) is 0 Å². The molecule has 0 saturated heterocycles. The van der Waals surface area contributed by atoms with Crippen LogP contribution in [-0.4, -0.2) is 47.5 Å². The van der Waals surface area contributed by atoms with Gasteiger partial charge in [0.25, 0.3) is 0 Å². The Morgan fingerprint density at radius 1 is 1.00 bits per heavy atom. The highest BCUT2D eigenvalue weighted by Gasteiger charge is 2.35. The lowest BCUT2D eigenvalue weighted by atomic mass is 9.95. The molecule has 10 heteroatoms. The van der Waals surface area contributed by atoms with E-state index in [9.17, 15) is 18.0 Å². The molecular formula is C22H24N2O7S. The quantitative estimate of drug-likeness (QED) is 0.608. The van der Waals surface area contributed by atoms with Crippen LogP contribution in [-0.2, 0) is 19.4 Å². The van der Waals surface area contributed by atoms with Crippen LogP contribution >= 0.6 is 0 Å². The second-order valence-corrected chi connectivity index (χ2v) is 9.09. The molecule has 0 aliphatic carbocycles. The molecule has 0 aromatic heterocycles. The molecule has 1 aliphatic rings. The third-order valence-corrected chi connectivity index (χ3v) is 6.66. The number of amides is 2. The summed E-state index contributed by atoms with van der Waals surface area (Å²) in [7, 11) is 0.0552. The molecule has 1 atom stereocenters. The summed E-state index contributed by atoms with van der Waals surface area (Å²) in [5.41, 5.74) is 1.57. The van der Waals surface area contributed by atoms with Gasteiger partial charge in [0, 0.05) is 11.8 Å². The molecule has 0 fully saturated rings. The first-order valence-electron chi connectivity index (χ1n) is 9.60. The van der Waals surface area contributed by atoms with Crippen LogP contribution in [0, 0.1) is 6.92 Å². The molecule has 32 heavy (non-hydrogen) atoms.